The smallest absolute Gasteiger partial charge is 0.306 e. The number of rotatable bonds is 3. The SMILES string of the molecule is O=C(O)C1CCCC(NC2CCN3CCCCC23)C1. The lowest BCUT2D eigenvalue weighted by molar-refractivity contribution is -0.143. The molecule has 4 heteroatoms. The summed E-state index contributed by atoms with van der Waals surface area (Å²) in [5.74, 6) is -0.715. The first-order chi connectivity index (χ1) is 9.24. The van der Waals surface area contributed by atoms with Gasteiger partial charge in [0, 0.05) is 24.7 Å². The van der Waals surface area contributed by atoms with Crippen molar-refractivity contribution in [3.05, 3.63) is 0 Å². The highest BCUT2D eigenvalue weighted by Gasteiger charge is 2.37. The van der Waals surface area contributed by atoms with E-state index >= 15 is 0 Å². The summed E-state index contributed by atoms with van der Waals surface area (Å²) in [6, 6.07) is 1.76. The minimum atomic E-state index is -0.600. The van der Waals surface area contributed by atoms with E-state index in [0.29, 0.717) is 12.1 Å². The molecule has 2 aliphatic heterocycles. The van der Waals surface area contributed by atoms with Crippen LogP contribution in [0.3, 0.4) is 0 Å². The van der Waals surface area contributed by atoms with Crippen LogP contribution in [0.25, 0.3) is 0 Å². The largest absolute Gasteiger partial charge is 0.481 e. The van der Waals surface area contributed by atoms with E-state index in [-0.39, 0.29) is 5.92 Å². The molecule has 4 unspecified atom stereocenters. The third kappa shape index (κ3) is 2.95. The molecule has 0 amide bonds. The zero-order valence-electron chi connectivity index (χ0n) is 11.7. The standard InChI is InChI=1S/C15H26N2O2/c18-15(19)11-4-3-5-12(10-11)16-13-7-9-17-8-2-1-6-14(13)17/h11-14,16H,1-10H2,(H,18,19). The highest BCUT2D eigenvalue weighted by molar-refractivity contribution is 5.70. The van der Waals surface area contributed by atoms with Gasteiger partial charge in [0.1, 0.15) is 0 Å². The first kappa shape index (κ1) is 13.4. The summed E-state index contributed by atoms with van der Waals surface area (Å²) in [4.78, 5) is 13.8. The summed E-state index contributed by atoms with van der Waals surface area (Å²) in [5, 5.41) is 13.0. The molecule has 19 heavy (non-hydrogen) atoms. The summed E-state index contributed by atoms with van der Waals surface area (Å²) in [6.45, 7) is 2.50. The molecule has 2 N–H and O–H groups in total. The lowest BCUT2D eigenvalue weighted by Crippen LogP contribution is -2.49. The van der Waals surface area contributed by atoms with Gasteiger partial charge in [-0.2, -0.15) is 0 Å². The van der Waals surface area contributed by atoms with E-state index in [2.05, 4.69) is 10.2 Å². The summed E-state index contributed by atoms with van der Waals surface area (Å²) in [7, 11) is 0. The van der Waals surface area contributed by atoms with Gasteiger partial charge in [-0.15, -0.1) is 0 Å². The summed E-state index contributed by atoms with van der Waals surface area (Å²) >= 11 is 0. The highest BCUT2D eigenvalue weighted by atomic mass is 16.4. The lowest BCUT2D eigenvalue weighted by Gasteiger charge is -2.36. The molecule has 2 saturated heterocycles. The Hall–Kier alpha value is -0.610. The Bertz CT molecular complexity index is 334. The monoisotopic (exact) mass is 266 g/mol. The van der Waals surface area contributed by atoms with Gasteiger partial charge in [-0.3, -0.25) is 9.69 Å². The van der Waals surface area contributed by atoms with Gasteiger partial charge in [0.15, 0.2) is 0 Å². The molecule has 0 spiro atoms. The second-order valence-corrected chi connectivity index (χ2v) is 6.56. The van der Waals surface area contributed by atoms with Crippen molar-refractivity contribution in [2.24, 2.45) is 5.92 Å². The van der Waals surface area contributed by atoms with Crippen LogP contribution in [0.15, 0.2) is 0 Å². The van der Waals surface area contributed by atoms with Crippen molar-refractivity contribution < 1.29 is 9.90 Å². The number of nitrogens with zero attached hydrogens (tertiary/aromatic N) is 1. The lowest BCUT2D eigenvalue weighted by atomic mass is 9.85. The maximum absolute atomic E-state index is 11.1. The Morgan fingerprint density at radius 1 is 1.05 bits per heavy atom. The number of nitrogens with one attached hydrogen (secondary N) is 1. The highest BCUT2D eigenvalue weighted by Crippen LogP contribution is 2.30. The van der Waals surface area contributed by atoms with Gasteiger partial charge >= 0.3 is 5.97 Å². The molecule has 4 atom stereocenters. The predicted octanol–water partition coefficient (Wildman–Crippen LogP) is 1.85. The van der Waals surface area contributed by atoms with E-state index in [9.17, 15) is 4.79 Å². The van der Waals surface area contributed by atoms with Crippen LogP contribution in [-0.2, 0) is 4.79 Å². The second-order valence-electron chi connectivity index (χ2n) is 6.56. The Balaban J connectivity index is 1.54. The number of carbonyl (C=O) groups is 1. The normalized spacial score (nSPS) is 40.0. The van der Waals surface area contributed by atoms with E-state index in [1.54, 1.807) is 0 Å². The van der Waals surface area contributed by atoms with Gasteiger partial charge < -0.3 is 10.4 Å². The maximum atomic E-state index is 11.1. The van der Waals surface area contributed by atoms with Crippen molar-refractivity contribution in [3.8, 4) is 0 Å². The van der Waals surface area contributed by atoms with Crippen LogP contribution in [0.4, 0.5) is 0 Å². The molecule has 1 aliphatic carbocycles. The molecule has 3 rings (SSSR count). The van der Waals surface area contributed by atoms with Gasteiger partial charge in [-0.25, -0.2) is 0 Å². The fourth-order valence-corrected chi connectivity index (χ4v) is 4.31. The van der Waals surface area contributed by atoms with Crippen molar-refractivity contribution in [2.45, 2.75) is 69.5 Å². The molecule has 2 heterocycles. The Morgan fingerprint density at radius 2 is 1.95 bits per heavy atom. The van der Waals surface area contributed by atoms with E-state index < -0.39 is 5.97 Å². The average Bonchev–Trinajstić information content (AvgIpc) is 2.83. The summed E-state index contributed by atoms with van der Waals surface area (Å²) in [6.07, 6.45) is 9.22. The van der Waals surface area contributed by atoms with Crippen molar-refractivity contribution in [1.82, 2.24) is 10.2 Å². The number of aliphatic carboxylic acids is 1. The average molecular weight is 266 g/mol. The Labute approximate surface area is 115 Å². The molecule has 4 nitrogen and oxygen atoms in total. The molecule has 3 aliphatic rings. The van der Waals surface area contributed by atoms with Gasteiger partial charge in [-0.1, -0.05) is 12.8 Å². The third-order valence-electron chi connectivity index (χ3n) is 5.33. The molecule has 0 aromatic rings. The Kier molecular flexibility index (Phi) is 4.08. The molecule has 0 bridgehead atoms. The van der Waals surface area contributed by atoms with E-state index in [0.717, 1.165) is 31.7 Å². The van der Waals surface area contributed by atoms with Gasteiger partial charge in [0.25, 0.3) is 0 Å². The van der Waals surface area contributed by atoms with Gasteiger partial charge in [0.05, 0.1) is 5.92 Å². The molecule has 108 valence electrons. The zero-order chi connectivity index (χ0) is 13.2. The number of hydrogen-bond donors (Lipinski definition) is 2. The maximum Gasteiger partial charge on any atom is 0.306 e. The first-order valence-corrected chi connectivity index (χ1v) is 7.97. The number of carboxylic acids is 1. The van der Waals surface area contributed by atoms with Crippen LogP contribution in [-0.4, -0.2) is 47.2 Å². The van der Waals surface area contributed by atoms with Crippen molar-refractivity contribution in [2.75, 3.05) is 13.1 Å². The van der Waals surface area contributed by atoms with Crippen LogP contribution in [0.1, 0.15) is 51.4 Å². The van der Waals surface area contributed by atoms with Crippen LogP contribution in [0.2, 0.25) is 0 Å². The molecule has 0 aromatic carbocycles. The zero-order valence-corrected chi connectivity index (χ0v) is 11.7. The summed E-state index contributed by atoms with van der Waals surface area (Å²) in [5.41, 5.74) is 0. The number of fused-ring (bicyclic) bond motifs is 1. The number of hydrogen-bond acceptors (Lipinski definition) is 3. The van der Waals surface area contributed by atoms with E-state index in [1.165, 1.54) is 38.8 Å². The number of carboxylic acid groups (broad SMARTS) is 1. The molecular weight excluding hydrogens is 240 g/mol. The van der Waals surface area contributed by atoms with Crippen LogP contribution in [0.5, 0.6) is 0 Å². The molecular formula is C15H26N2O2. The van der Waals surface area contributed by atoms with Crippen molar-refractivity contribution >= 4 is 5.97 Å². The Morgan fingerprint density at radius 3 is 2.79 bits per heavy atom. The van der Waals surface area contributed by atoms with E-state index in [1.807, 2.05) is 0 Å². The number of piperidine rings is 1. The topological polar surface area (TPSA) is 52.6 Å². The second kappa shape index (κ2) is 5.80. The van der Waals surface area contributed by atoms with Crippen molar-refractivity contribution in [1.29, 1.82) is 0 Å². The van der Waals surface area contributed by atoms with Crippen LogP contribution in [0, 0.1) is 5.92 Å². The fraction of sp³-hybridized carbons (Fsp3) is 0.933. The summed E-state index contributed by atoms with van der Waals surface area (Å²) < 4.78 is 0. The predicted molar refractivity (Wildman–Crippen MR) is 74.1 cm³/mol. The van der Waals surface area contributed by atoms with Crippen molar-refractivity contribution in [3.63, 3.8) is 0 Å². The molecule has 0 aromatic heterocycles. The molecule has 1 saturated carbocycles. The third-order valence-corrected chi connectivity index (χ3v) is 5.33. The minimum Gasteiger partial charge on any atom is -0.481 e. The fourth-order valence-electron chi connectivity index (χ4n) is 4.31. The first-order valence-electron chi connectivity index (χ1n) is 7.97. The van der Waals surface area contributed by atoms with Gasteiger partial charge in [0.2, 0.25) is 0 Å². The van der Waals surface area contributed by atoms with E-state index in [4.69, 9.17) is 5.11 Å². The van der Waals surface area contributed by atoms with Gasteiger partial charge in [-0.05, 0) is 45.1 Å². The van der Waals surface area contributed by atoms with Crippen LogP contribution >= 0.6 is 0 Å². The van der Waals surface area contributed by atoms with Crippen LogP contribution < -0.4 is 5.32 Å². The molecule has 3 fully saturated rings. The quantitative estimate of drug-likeness (QED) is 0.818. The molecule has 0 radical (unpaired) electrons. The minimum absolute atomic E-state index is 0.116.